The summed E-state index contributed by atoms with van der Waals surface area (Å²) in [7, 11) is 0. The van der Waals surface area contributed by atoms with E-state index in [1.54, 1.807) is 12.3 Å². The van der Waals surface area contributed by atoms with Gasteiger partial charge in [0, 0.05) is 18.9 Å². The molecule has 0 aliphatic rings. The number of carbonyl (C=O) groups is 1. The quantitative estimate of drug-likeness (QED) is 0.852. The minimum absolute atomic E-state index is 0.0374. The lowest BCUT2D eigenvalue weighted by Crippen LogP contribution is -2.01. The van der Waals surface area contributed by atoms with E-state index in [4.69, 9.17) is 9.52 Å². The number of carboxylic acid groups (broad SMARTS) is 1. The molecule has 2 rings (SSSR count). The zero-order valence-corrected chi connectivity index (χ0v) is 8.88. The molecule has 0 fully saturated rings. The molecule has 0 amide bonds. The molecule has 0 aliphatic heterocycles. The number of hydrogen-bond acceptors (Lipinski definition) is 3. The summed E-state index contributed by atoms with van der Waals surface area (Å²) in [6.07, 6.45) is 4.12. The second kappa shape index (κ2) is 4.22. The van der Waals surface area contributed by atoms with E-state index in [0.29, 0.717) is 12.2 Å². The number of aromatic carboxylic acids is 1. The molecule has 0 bridgehead atoms. The molecule has 5 heteroatoms. The third-order valence-electron chi connectivity index (χ3n) is 2.35. The molecule has 84 valence electrons. The summed E-state index contributed by atoms with van der Waals surface area (Å²) in [4.78, 5) is 14.8. The van der Waals surface area contributed by atoms with Crippen molar-refractivity contribution in [1.82, 2.24) is 9.55 Å². The lowest BCUT2D eigenvalue weighted by molar-refractivity contribution is 0.0660. The Labute approximate surface area is 92.3 Å². The fourth-order valence-corrected chi connectivity index (χ4v) is 1.54. The number of nitrogens with zero attached hydrogens (tertiary/aromatic N) is 2. The van der Waals surface area contributed by atoms with Crippen molar-refractivity contribution in [1.29, 1.82) is 0 Å². The minimum Gasteiger partial charge on any atom is -0.475 e. The first kappa shape index (κ1) is 10.5. The Kier molecular flexibility index (Phi) is 2.76. The molecule has 0 spiro atoms. The van der Waals surface area contributed by atoms with Crippen LogP contribution in [0.5, 0.6) is 0 Å². The summed E-state index contributed by atoms with van der Waals surface area (Å²) in [5.41, 5.74) is 0. The molecule has 0 saturated heterocycles. The van der Waals surface area contributed by atoms with Gasteiger partial charge >= 0.3 is 5.97 Å². The van der Waals surface area contributed by atoms with Gasteiger partial charge in [-0.15, -0.1) is 0 Å². The zero-order valence-electron chi connectivity index (χ0n) is 8.88. The Morgan fingerprint density at radius 3 is 3.00 bits per heavy atom. The summed E-state index contributed by atoms with van der Waals surface area (Å²) in [6, 6.07) is 3.12. The van der Waals surface area contributed by atoms with Gasteiger partial charge in [0.25, 0.3) is 0 Å². The van der Waals surface area contributed by atoms with Crippen molar-refractivity contribution in [2.45, 2.75) is 19.9 Å². The van der Waals surface area contributed by atoms with Crippen molar-refractivity contribution >= 4 is 5.97 Å². The molecule has 1 N–H and O–H groups in total. The third-order valence-corrected chi connectivity index (χ3v) is 2.35. The topological polar surface area (TPSA) is 68.3 Å². The van der Waals surface area contributed by atoms with Gasteiger partial charge in [0.05, 0.1) is 6.42 Å². The largest absolute Gasteiger partial charge is 0.475 e. The van der Waals surface area contributed by atoms with Crippen LogP contribution in [0.2, 0.25) is 0 Å². The Balaban J connectivity index is 2.17. The third kappa shape index (κ3) is 1.98. The lowest BCUT2D eigenvalue weighted by atomic mass is 10.3. The van der Waals surface area contributed by atoms with Gasteiger partial charge in [-0.25, -0.2) is 9.78 Å². The van der Waals surface area contributed by atoms with Crippen molar-refractivity contribution in [3.63, 3.8) is 0 Å². The molecule has 5 nitrogen and oxygen atoms in total. The van der Waals surface area contributed by atoms with Crippen molar-refractivity contribution in [3.8, 4) is 0 Å². The first-order chi connectivity index (χ1) is 7.70. The predicted molar refractivity (Wildman–Crippen MR) is 56.4 cm³/mol. The molecule has 0 aromatic carbocycles. The van der Waals surface area contributed by atoms with Gasteiger partial charge in [-0.05, 0) is 19.1 Å². The Morgan fingerprint density at radius 1 is 1.56 bits per heavy atom. The number of aryl methyl sites for hydroxylation is 1. The van der Waals surface area contributed by atoms with Crippen molar-refractivity contribution in [3.05, 3.63) is 41.9 Å². The van der Waals surface area contributed by atoms with Crippen LogP contribution in [-0.2, 0) is 13.0 Å². The molecule has 0 radical (unpaired) electrons. The maximum Gasteiger partial charge on any atom is 0.371 e. The van der Waals surface area contributed by atoms with E-state index >= 15 is 0 Å². The second-order valence-electron chi connectivity index (χ2n) is 3.38. The summed E-state index contributed by atoms with van der Waals surface area (Å²) in [5.74, 6) is 0.391. The minimum atomic E-state index is -1.05. The summed E-state index contributed by atoms with van der Waals surface area (Å²) < 4.78 is 7.15. The van der Waals surface area contributed by atoms with Gasteiger partial charge in [-0.2, -0.15) is 0 Å². The number of furan rings is 1. The average molecular weight is 220 g/mol. The van der Waals surface area contributed by atoms with Crippen LogP contribution in [0.4, 0.5) is 0 Å². The highest BCUT2D eigenvalue weighted by Crippen LogP contribution is 2.12. The average Bonchev–Trinajstić information content (AvgIpc) is 2.87. The van der Waals surface area contributed by atoms with Crippen LogP contribution in [0.25, 0.3) is 0 Å². The fraction of sp³-hybridized carbons (Fsp3) is 0.273. The lowest BCUT2D eigenvalue weighted by Gasteiger charge is -2.01. The maximum absolute atomic E-state index is 10.6. The van der Waals surface area contributed by atoms with E-state index in [9.17, 15) is 4.79 Å². The van der Waals surface area contributed by atoms with Crippen LogP contribution in [0.15, 0.2) is 28.9 Å². The molecule has 2 aromatic heterocycles. The Hall–Kier alpha value is -2.04. The molecule has 0 saturated carbocycles. The number of carboxylic acids is 1. The van der Waals surface area contributed by atoms with E-state index in [-0.39, 0.29) is 5.76 Å². The number of aromatic nitrogens is 2. The number of imidazole rings is 1. The predicted octanol–water partition coefficient (Wildman–Crippen LogP) is 1.78. The summed E-state index contributed by atoms with van der Waals surface area (Å²) in [6.45, 7) is 2.86. The van der Waals surface area contributed by atoms with Gasteiger partial charge in [0.15, 0.2) is 0 Å². The highest BCUT2D eigenvalue weighted by atomic mass is 16.4. The van der Waals surface area contributed by atoms with Gasteiger partial charge in [0.1, 0.15) is 11.6 Å². The second-order valence-corrected chi connectivity index (χ2v) is 3.38. The molecule has 2 heterocycles. The van der Waals surface area contributed by atoms with E-state index < -0.39 is 5.97 Å². The monoisotopic (exact) mass is 220 g/mol. The van der Waals surface area contributed by atoms with Crippen molar-refractivity contribution < 1.29 is 14.3 Å². The SMILES string of the molecule is CCn1ccnc1Cc1ccc(C(=O)O)o1. The molecular weight excluding hydrogens is 208 g/mol. The van der Waals surface area contributed by atoms with Crippen LogP contribution in [-0.4, -0.2) is 20.6 Å². The molecule has 0 atom stereocenters. The maximum atomic E-state index is 10.6. The zero-order chi connectivity index (χ0) is 11.5. The molecule has 16 heavy (non-hydrogen) atoms. The Bertz CT molecular complexity index is 499. The van der Waals surface area contributed by atoms with Crippen LogP contribution in [0.1, 0.15) is 29.1 Å². The van der Waals surface area contributed by atoms with E-state index in [0.717, 1.165) is 12.4 Å². The molecule has 0 unspecified atom stereocenters. The first-order valence-corrected chi connectivity index (χ1v) is 5.02. The van der Waals surface area contributed by atoms with Gasteiger partial charge in [-0.1, -0.05) is 0 Å². The van der Waals surface area contributed by atoms with Crippen LogP contribution >= 0.6 is 0 Å². The van der Waals surface area contributed by atoms with Crippen molar-refractivity contribution in [2.75, 3.05) is 0 Å². The smallest absolute Gasteiger partial charge is 0.371 e. The van der Waals surface area contributed by atoms with E-state index in [1.165, 1.54) is 6.07 Å². The molecule has 2 aromatic rings. The van der Waals surface area contributed by atoms with E-state index in [2.05, 4.69) is 4.98 Å². The van der Waals surface area contributed by atoms with Gasteiger partial charge < -0.3 is 14.1 Å². The van der Waals surface area contributed by atoms with Crippen LogP contribution in [0, 0.1) is 0 Å². The molecular formula is C11H12N2O3. The Morgan fingerprint density at radius 2 is 2.38 bits per heavy atom. The van der Waals surface area contributed by atoms with Crippen molar-refractivity contribution in [2.24, 2.45) is 0 Å². The summed E-state index contributed by atoms with van der Waals surface area (Å²) in [5, 5.41) is 8.71. The van der Waals surface area contributed by atoms with Gasteiger partial charge in [0.2, 0.25) is 5.76 Å². The van der Waals surface area contributed by atoms with Crippen LogP contribution in [0.3, 0.4) is 0 Å². The fourth-order valence-electron chi connectivity index (χ4n) is 1.54. The highest BCUT2D eigenvalue weighted by Gasteiger charge is 2.11. The highest BCUT2D eigenvalue weighted by molar-refractivity contribution is 5.84. The van der Waals surface area contributed by atoms with Gasteiger partial charge in [-0.3, -0.25) is 0 Å². The van der Waals surface area contributed by atoms with E-state index in [1.807, 2.05) is 17.7 Å². The number of hydrogen-bond donors (Lipinski definition) is 1. The number of rotatable bonds is 4. The summed E-state index contributed by atoms with van der Waals surface area (Å²) >= 11 is 0. The first-order valence-electron chi connectivity index (χ1n) is 5.02. The van der Waals surface area contributed by atoms with Crippen LogP contribution < -0.4 is 0 Å². The standard InChI is InChI=1S/C11H12N2O3/c1-2-13-6-5-12-10(13)7-8-3-4-9(16-8)11(14)15/h3-6H,2,7H2,1H3,(H,14,15). The normalized spacial score (nSPS) is 10.6. The molecule has 0 aliphatic carbocycles.